The number of hydrogen-bond acceptors (Lipinski definition) is 14. The summed E-state index contributed by atoms with van der Waals surface area (Å²) in [6.07, 6.45) is 30.5. The Labute approximate surface area is 549 Å². The van der Waals surface area contributed by atoms with Gasteiger partial charge in [0, 0.05) is 65.4 Å². The summed E-state index contributed by atoms with van der Waals surface area (Å²) in [4.78, 5) is 50.1. The lowest BCUT2D eigenvalue weighted by Crippen LogP contribution is -2.69. The highest BCUT2D eigenvalue weighted by Crippen LogP contribution is 2.73. The molecule has 14 aliphatic rings. The van der Waals surface area contributed by atoms with E-state index in [2.05, 4.69) is 94.9 Å². The number of nitrogens with two attached hydrogens (primary N) is 1. The number of fused-ring (bicyclic) bond motifs is 3. The van der Waals surface area contributed by atoms with Gasteiger partial charge in [-0.3, -0.25) is 14.9 Å². The van der Waals surface area contributed by atoms with E-state index in [1.54, 1.807) is 12.1 Å². The molecule has 492 valence electrons. The molecule has 0 aromatic heterocycles. The molecule has 5 fully saturated rings. The van der Waals surface area contributed by atoms with Gasteiger partial charge in [-0.05, 0) is 227 Å². The van der Waals surface area contributed by atoms with Crippen molar-refractivity contribution in [3.05, 3.63) is 146 Å². The van der Waals surface area contributed by atoms with E-state index in [1.165, 1.54) is 29.6 Å². The number of allylic oxidation sites excluding steroid dienone is 8. The third-order valence-corrected chi connectivity index (χ3v) is 27.1. The van der Waals surface area contributed by atoms with E-state index in [1.807, 2.05) is 38.2 Å². The summed E-state index contributed by atoms with van der Waals surface area (Å²) in [5.41, 5.74) is 11.0. The van der Waals surface area contributed by atoms with Crippen LogP contribution in [0, 0.1) is 69.5 Å². The number of carbonyl (C=O) groups excluding carboxylic acids is 3. The fourth-order valence-corrected chi connectivity index (χ4v) is 22.9. The van der Waals surface area contributed by atoms with Gasteiger partial charge >= 0.3 is 5.97 Å². The molecule has 7 aliphatic heterocycles. The van der Waals surface area contributed by atoms with Crippen molar-refractivity contribution in [3.63, 3.8) is 0 Å². The molecule has 4 spiro atoms. The number of aliphatic hydroxyl groups excluding tert-OH is 2. The van der Waals surface area contributed by atoms with E-state index < -0.39 is 63.5 Å². The second kappa shape index (κ2) is 23.1. The molecule has 18 unspecified atom stereocenters. The Hall–Kier alpha value is -6.05. The number of dihydropyridines is 2. The Morgan fingerprint density at radius 1 is 0.957 bits per heavy atom. The van der Waals surface area contributed by atoms with E-state index in [0.717, 1.165) is 112 Å². The van der Waals surface area contributed by atoms with Crippen LogP contribution in [0.1, 0.15) is 200 Å². The molecule has 13 bridgehead atoms. The molecular weight excluding hydrogens is 1160 g/mol. The lowest BCUT2D eigenvalue weighted by Gasteiger charge is -2.64. The van der Waals surface area contributed by atoms with Crippen LogP contribution < -0.4 is 32.3 Å². The van der Waals surface area contributed by atoms with Gasteiger partial charge in [0.2, 0.25) is 5.78 Å². The number of phenolic OH excluding ortho intramolecular Hbond substituents is 1. The molecule has 1 saturated heterocycles. The summed E-state index contributed by atoms with van der Waals surface area (Å²) < 4.78 is 14.7. The number of nitrogens with one attached hydrogen (secondary N) is 5. The molecule has 7 heterocycles. The predicted molar refractivity (Wildman–Crippen MR) is 358 cm³/mol. The topological polar surface area (TPSA) is 220 Å². The lowest BCUT2D eigenvalue weighted by atomic mass is 9.43. The number of epoxide rings is 1. The highest BCUT2D eigenvalue weighted by Gasteiger charge is 2.86. The first kappa shape index (κ1) is 61.8. The highest BCUT2D eigenvalue weighted by atomic mass is 16.7. The van der Waals surface area contributed by atoms with Crippen LogP contribution in [0.15, 0.2) is 124 Å². The van der Waals surface area contributed by atoms with Crippen LogP contribution in [0.2, 0.25) is 0 Å². The van der Waals surface area contributed by atoms with Gasteiger partial charge in [-0.25, -0.2) is 4.79 Å². The molecule has 7 aliphatic carbocycles. The standard InChI is InChI=1S/C79H98N6O8/c1-45(22-23-49-26-30-82-72-56(49)24-25-66(81-4)84-72)53(43-86)39-78-69(89)57-21-12-18-52-37-74(3)27-6-5-14-48-15-10-17-51-38-76-41-62-60(68(64(76)33-58(48)51)92-73(91)79(78,93-78)70(90)67(52)57)35-65(88)77(44-75(28-7-8-29-75)40-54(77)19-9-13-46(2)85-76)63(62)34-59(50-16-11-20-55(87)32-50)61-31-47(36-74)42-83-71(61)80/h10-12,16-18,20-21,26,31-32,38,42,46,48,54,58-60,62-66,68,71,81-88H,5-8,14-15,19,22-25,27-30,33-37,39-41,43-44,80H2,1-4H3. The Bertz CT molecular complexity index is 3740. The molecule has 14 heteroatoms. The third-order valence-electron chi connectivity index (χ3n) is 27.1. The Morgan fingerprint density at radius 2 is 1.80 bits per heavy atom. The summed E-state index contributed by atoms with van der Waals surface area (Å²) in [6.45, 7) is 6.83. The highest BCUT2D eigenvalue weighted by molar-refractivity contribution is 6.33. The number of benzene rings is 2. The molecule has 10 N–H and O–H groups in total. The number of rotatable bonds is 8. The van der Waals surface area contributed by atoms with E-state index >= 15 is 14.4 Å². The fourth-order valence-electron chi connectivity index (χ4n) is 22.9. The van der Waals surface area contributed by atoms with Crippen LogP contribution in [0.3, 0.4) is 0 Å². The van der Waals surface area contributed by atoms with Crippen molar-refractivity contribution in [2.24, 2.45) is 63.4 Å². The van der Waals surface area contributed by atoms with Gasteiger partial charge in [0.1, 0.15) is 17.7 Å². The molecule has 18 atom stereocenters. The normalized spacial score (nSPS) is 41.1. The minimum atomic E-state index is -2.35. The van der Waals surface area contributed by atoms with Crippen molar-refractivity contribution in [2.45, 2.75) is 222 Å². The van der Waals surface area contributed by atoms with Gasteiger partial charge < -0.3 is 51.8 Å². The SMILES string of the molecule is CNC1CCC2=C(NCC=C2CCC(C)=C(CO)CC23OC24C(=O)OC2C5CC(O)C67CC8(CCCC8)CC6CC#CC(C)NC68C=C9C=CCC(CCCCC(C)(CC%10=CNC(N)C(=C%10)C(c%10cccc(O)c%10)CC7C5C6)Cc5cccc(c5C4=O)C3=O)C9CC28)N1. The summed E-state index contributed by atoms with van der Waals surface area (Å²) in [5, 5.41) is 55.9. The van der Waals surface area contributed by atoms with Gasteiger partial charge in [0.15, 0.2) is 11.4 Å². The van der Waals surface area contributed by atoms with E-state index in [0.29, 0.717) is 68.5 Å². The number of carbonyl (C=O) groups is 3. The second-order valence-electron chi connectivity index (χ2n) is 32.2. The predicted octanol–water partition coefficient (Wildman–Crippen LogP) is 11.0. The minimum absolute atomic E-state index is 0.0576. The van der Waals surface area contributed by atoms with E-state index in [4.69, 9.17) is 15.2 Å². The first-order valence-electron chi connectivity index (χ1n) is 36.0. The van der Waals surface area contributed by atoms with Crippen LogP contribution in [0.5, 0.6) is 5.75 Å². The second-order valence-corrected chi connectivity index (χ2v) is 32.2. The number of esters is 1. The first-order chi connectivity index (χ1) is 44.9. The van der Waals surface area contributed by atoms with Crippen LogP contribution in [0.4, 0.5) is 0 Å². The van der Waals surface area contributed by atoms with Crippen LogP contribution >= 0.6 is 0 Å². The number of hydrogen-bond donors (Lipinski definition) is 9. The average Bonchev–Trinajstić information content (AvgIpc) is 1.50. The number of aromatic hydroxyl groups is 1. The zero-order valence-electron chi connectivity index (χ0n) is 55.1. The molecule has 14 nitrogen and oxygen atoms in total. The number of Topliss-reactive ketones (excluding diaryl/α,β-unsaturated/α-hetero) is 2. The monoisotopic (exact) mass is 1260 g/mol. The first-order valence-corrected chi connectivity index (χ1v) is 36.0. The van der Waals surface area contributed by atoms with Gasteiger partial charge in [-0.1, -0.05) is 105 Å². The maximum Gasteiger partial charge on any atom is 0.350 e. The summed E-state index contributed by atoms with van der Waals surface area (Å²) in [7, 11) is 1.97. The number of phenols is 1. The largest absolute Gasteiger partial charge is 0.508 e. The van der Waals surface area contributed by atoms with Crippen molar-refractivity contribution in [2.75, 3.05) is 20.2 Å². The summed E-state index contributed by atoms with van der Waals surface area (Å²) in [5.74, 6) is 6.39. The molecule has 16 rings (SSSR count). The average molecular weight is 1260 g/mol. The van der Waals surface area contributed by atoms with Gasteiger partial charge in [-0.15, -0.1) is 5.92 Å². The number of ether oxygens (including phenoxy) is 2. The minimum Gasteiger partial charge on any atom is -0.508 e. The molecule has 2 aromatic carbocycles. The fraction of sp³-hybridized carbons (Fsp3) is 0.608. The molecular formula is C79H98N6O8. The summed E-state index contributed by atoms with van der Waals surface area (Å²) in [6, 6.07) is 13.1. The molecule has 4 saturated carbocycles. The molecule has 2 aromatic rings. The Kier molecular flexibility index (Phi) is 15.3. The molecule has 0 amide bonds. The smallest absolute Gasteiger partial charge is 0.350 e. The number of aliphatic hydroxyl groups is 2. The van der Waals surface area contributed by atoms with E-state index in [9.17, 15) is 15.3 Å². The van der Waals surface area contributed by atoms with Crippen molar-refractivity contribution in [3.8, 4) is 17.6 Å². The van der Waals surface area contributed by atoms with Crippen molar-refractivity contribution in [1.82, 2.24) is 26.6 Å². The van der Waals surface area contributed by atoms with Crippen LogP contribution in [-0.2, 0) is 20.7 Å². The van der Waals surface area contributed by atoms with Gasteiger partial charge in [0.25, 0.3) is 5.60 Å². The van der Waals surface area contributed by atoms with Crippen molar-refractivity contribution >= 4 is 17.5 Å². The summed E-state index contributed by atoms with van der Waals surface area (Å²) >= 11 is 0. The van der Waals surface area contributed by atoms with Crippen LogP contribution in [0.25, 0.3) is 0 Å². The maximum absolute atomic E-state index is 17.0. The van der Waals surface area contributed by atoms with Crippen molar-refractivity contribution in [1.29, 1.82) is 0 Å². The maximum atomic E-state index is 17.0. The van der Waals surface area contributed by atoms with Gasteiger partial charge in [-0.2, -0.15) is 0 Å². The number of ketones is 2. The third kappa shape index (κ3) is 9.85. The molecule has 0 radical (unpaired) electrons. The Balaban J connectivity index is 0.905. The zero-order chi connectivity index (χ0) is 64.0. The van der Waals surface area contributed by atoms with E-state index in [-0.39, 0.29) is 89.0 Å². The van der Waals surface area contributed by atoms with Crippen molar-refractivity contribution < 1.29 is 39.2 Å². The lowest BCUT2D eigenvalue weighted by molar-refractivity contribution is -0.205. The Morgan fingerprint density at radius 3 is 2.62 bits per heavy atom. The quantitative estimate of drug-likeness (QED) is 0.0395. The van der Waals surface area contributed by atoms with Crippen LogP contribution in [-0.4, -0.2) is 100 Å². The van der Waals surface area contributed by atoms with Gasteiger partial charge in [0.05, 0.1) is 31.1 Å². The molecule has 93 heavy (non-hydrogen) atoms. The zero-order valence-corrected chi connectivity index (χ0v) is 55.1.